The number of hydrogen-bond acceptors (Lipinski definition) is 4. The zero-order valence-corrected chi connectivity index (χ0v) is 9.88. The number of rotatable bonds is 3. The van der Waals surface area contributed by atoms with Crippen LogP contribution in [0.2, 0.25) is 0 Å². The van der Waals surface area contributed by atoms with Crippen molar-refractivity contribution in [2.45, 2.75) is 19.4 Å². The molecule has 5 heteroatoms. The van der Waals surface area contributed by atoms with Crippen molar-refractivity contribution in [3.05, 3.63) is 24.2 Å². The van der Waals surface area contributed by atoms with Crippen LogP contribution < -0.4 is 10.6 Å². The fourth-order valence-electron chi connectivity index (χ4n) is 1.63. The first kappa shape index (κ1) is 10.9. The lowest BCUT2D eigenvalue weighted by Gasteiger charge is -2.12. The van der Waals surface area contributed by atoms with Crippen molar-refractivity contribution in [1.82, 2.24) is 14.6 Å². The lowest BCUT2D eigenvalue weighted by Crippen LogP contribution is -2.19. The Bertz CT molecular complexity index is 486. The van der Waals surface area contributed by atoms with Gasteiger partial charge in [-0.25, -0.2) is 0 Å². The molecule has 1 unspecified atom stereocenters. The predicted octanol–water partition coefficient (Wildman–Crippen LogP) is 0.685. The number of anilines is 1. The Balaban J connectivity index is 2.42. The van der Waals surface area contributed by atoms with E-state index in [0.29, 0.717) is 0 Å². The second kappa shape index (κ2) is 4.09. The van der Waals surface area contributed by atoms with Gasteiger partial charge in [-0.2, -0.15) is 0 Å². The van der Waals surface area contributed by atoms with Gasteiger partial charge in [-0.15, -0.1) is 10.2 Å². The molecule has 2 rings (SSSR count). The van der Waals surface area contributed by atoms with Gasteiger partial charge in [0.1, 0.15) is 5.82 Å². The SMILES string of the molecule is CC(N)Cc1nnc2cc(N(C)C)ccn12. The van der Waals surface area contributed by atoms with Crippen LogP contribution >= 0.6 is 0 Å². The minimum Gasteiger partial charge on any atom is -0.378 e. The van der Waals surface area contributed by atoms with Gasteiger partial charge in [0.05, 0.1) is 0 Å². The van der Waals surface area contributed by atoms with E-state index in [1.807, 2.05) is 48.6 Å². The number of pyridine rings is 1. The summed E-state index contributed by atoms with van der Waals surface area (Å²) in [7, 11) is 4.01. The van der Waals surface area contributed by atoms with E-state index in [1.54, 1.807) is 0 Å². The lowest BCUT2D eigenvalue weighted by atomic mass is 10.2. The van der Waals surface area contributed by atoms with Crippen molar-refractivity contribution in [2.75, 3.05) is 19.0 Å². The van der Waals surface area contributed by atoms with Crippen LogP contribution in [-0.4, -0.2) is 34.7 Å². The molecule has 0 fully saturated rings. The number of aromatic nitrogens is 3. The molecule has 0 aliphatic carbocycles. The van der Waals surface area contributed by atoms with Crippen molar-refractivity contribution in [3.8, 4) is 0 Å². The summed E-state index contributed by atoms with van der Waals surface area (Å²) < 4.78 is 1.98. The number of nitrogens with two attached hydrogens (primary N) is 1. The Labute approximate surface area is 94.9 Å². The first-order chi connectivity index (χ1) is 7.58. The highest BCUT2D eigenvalue weighted by Crippen LogP contribution is 2.14. The van der Waals surface area contributed by atoms with E-state index in [1.165, 1.54) is 0 Å². The van der Waals surface area contributed by atoms with Crippen molar-refractivity contribution in [1.29, 1.82) is 0 Å². The Hall–Kier alpha value is -1.62. The third kappa shape index (κ3) is 1.99. The fourth-order valence-corrected chi connectivity index (χ4v) is 1.63. The van der Waals surface area contributed by atoms with Crippen molar-refractivity contribution in [2.24, 2.45) is 5.73 Å². The molecule has 2 aromatic rings. The summed E-state index contributed by atoms with van der Waals surface area (Å²) in [5, 5.41) is 8.30. The molecule has 86 valence electrons. The van der Waals surface area contributed by atoms with Crippen LogP contribution in [0.1, 0.15) is 12.7 Å². The van der Waals surface area contributed by atoms with Gasteiger partial charge in [-0.3, -0.25) is 4.40 Å². The normalized spacial score (nSPS) is 13.0. The Morgan fingerprint density at radius 3 is 2.81 bits per heavy atom. The summed E-state index contributed by atoms with van der Waals surface area (Å²) in [6.45, 7) is 1.97. The second-order valence-electron chi connectivity index (χ2n) is 4.31. The van der Waals surface area contributed by atoms with Crippen molar-refractivity contribution in [3.63, 3.8) is 0 Å². The molecule has 0 aliphatic heterocycles. The molecule has 0 saturated heterocycles. The highest BCUT2D eigenvalue weighted by Gasteiger charge is 2.08. The maximum absolute atomic E-state index is 5.76. The highest BCUT2D eigenvalue weighted by molar-refractivity contribution is 5.55. The molecule has 0 spiro atoms. The quantitative estimate of drug-likeness (QED) is 0.825. The first-order valence-electron chi connectivity index (χ1n) is 5.34. The van der Waals surface area contributed by atoms with Gasteiger partial charge in [0.2, 0.25) is 0 Å². The zero-order chi connectivity index (χ0) is 11.7. The number of nitrogens with zero attached hydrogens (tertiary/aromatic N) is 4. The van der Waals surface area contributed by atoms with E-state index in [4.69, 9.17) is 5.73 Å². The zero-order valence-electron chi connectivity index (χ0n) is 9.88. The van der Waals surface area contributed by atoms with E-state index in [-0.39, 0.29) is 6.04 Å². The summed E-state index contributed by atoms with van der Waals surface area (Å²) in [4.78, 5) is 2.04. The molecule has 0 aliphatic rings. The third-order valence-corrected chi connectivity index (χ3v) is 2.49. The van der Waals surface area contributed by atoms with Gasteiger partial charge in [-0.05, 0) is 13.0 Å². The summed E-state index contributed by atoms with van der Waals surface area (Å²) in [5.41, 5.74) is 7.74. The van der Waals surface area contributed by atoms with Crippen molar-refractivity contribution < 1.29 is 0 Å². The van der Waals surface area contributed by atoms with E-state index in [2.05, 4.69) is 10.2 Å². The molecular weight excluding hydrogens is 202 g/mol. The molecule has 0 radical (unpaired) electrons. The van der Waals surface area contributed by atoms with Gasteiger partial charge >= 0.3 is 0 Å². The van der Waals surface area contributed by atoms with Crippen LogP contribution in [0.4, 0.5) is 5.69 Å². The average molecular weight is 219 g/mol. The molecule has 2 N–H and O–H groups in total. The van der Waals surface area contributed by atoms with E-state index >= 15 is 0 Å². The molecule has 0 amide bonds. The van der Waals surface area contributed by atoms with Gasteiger partial charge in [0, 0.05) is 44.5 Å². The van der Waals surface area contributed by atoms with Gasteiger partial charge < -0.3 is 10.6 Å². The van der Waals surface area contributed by atoms with Crippen LogP contribution in [0, 0.1) is 0 Å². The van der Waals surface area contributed by atoms with E-state index < -0.39 is 0 Å². The Morgan fingerprint density at radius 2 is 2.19 bits per heavy atom. The molecule has 2 aromatic heterocycles. The monoisotopic (exact) mass is 219 g/mol. The summed E-state index contributed by atoms with van der Waals surface area (Å²) in [6, 6.07) is 4.15. The summed E-state index contributed by atoms with van der Waals surface area (Å²) in [5.74, 6) is 0.912. The average Bonchev–Trinajstić information content (AvgIpc) is 2.60. The number of fused-ring (bicyclic) bond motifs is 1. The standard InChI is InChI=1S/C11H17N5/c1-8(12)6-10-13-14-11-7-9(15(2)3)4-5-16(10)11/h4-5,7-8H,6,12H2,1-3H3. The van der Waals surface area contributed by atoms with Crippen LogP contribution in [0.5, 0.6) is 0 Å². The molecule has 5 nitrogen and oxygen atoms in total. The topological polar surface area (TPSA) is 59.5 Å². The molecule has 16 heavy (non-hydrogen) atoms. The van der Waals surface area contributed by atoms with Crippen LogP contribution in [0.25, 0.3) is 5.65 Å². The third-order valence-electron chi connectivity index (χ3n) is 2.49. The maximum Gasteiger partial charge on any atom is 0.162 e. The molecular formula is C11H17N5. The van der Waals surface area contributed by atoms with Crippen LogP contribution in [0.15, 0.2) is 18.3 Å². The van der Waals surface area contributed by atoms with Crippen LogP contribution in [0.3, 0.4) is 0 Å². The molecule has 1 atom stereocenters. The summed E-state index contributed by atoms with van der Waals surface area (Å²) in [6.07, 6.45) is 2.73. The Morgan fingerprint density at radius 1 is 1.44 bits per heavy atom. The minimum atomic E-state index is 0.0981. The largest absolute Gasteiger partial charge is 0.378 e. The maximum atomic E-state index is 5.76. The van der Waals surface area contributed by atoms with E-state index in [0.717, 1.165) is 23.6 Å². The van der Waals surface area contributed by atoms with Gasteiger partial charge in [0.25, 0.3) is 0 Å². The minimum absolute atomic E-state index is 0.0981. The predicted molar refractivity (Wildman–Crippen MR) is 64.7 cm³/mol. The van der Waals surface area contributed by atoms with Gasteiger partial charge in [0.15, 0.2) is 5.65 Å². The molecule has 0 saturated carbocycles. The van der Waals surface area contributed by atoms with Crippen LogP contribution in [-0.2, 0) is 6.42 Å². The lowest BCUT2D eigenvalue weighted by molar-refractivity contribution is 0.695. The molecule has 0 bridgehead atoms. The fraction of sp³-hybridized carbons (Fsp3) is 0.455. The number of hydrogen-bond donors (Lipinski definition) is 1. The smallest absolute Gasteiger partial charge is 0.162 e. The van der Waals surface area contributed by atoms with Crippen molar-refractivity contribution >= 4 is 11.3 Å². The van der Waals surface area contributed by atoms with E-state index in [9.17, 15) is 0 Å². The summed E-state index contributed by atoms with van der Waals surface area (Å²) >= 11 is 0. The second-order valence-corrected chi connectivity index (χ2v) is 4.31. The first-order valence-corrected chi connectivity index (χ1v) is 5.34. The van der Waals surface area contributed by atoms with Gasteiger partial charge in [-0.1, -0.05) is 0 Å². The molecule has 0 aromatic carbocycles. The highest BCUT2D eigenvalue weighted by atomic mass is 15.2. The Kier molecular flexibility index (Phi) is 2.78. The molecule has 2 heterocycles.